The van der Waals surface area contributed by atoms with Gasteiger partial charge in [0.2, 0.25) is 0 Å². The Morgan fingerprint density at radius 3 is 2.89 bits per heavy atom. The normalized spacial score (nSPS) is 12.6. The fraction of sp³-hybridized carbons (Fsp3) is 0.667. The molecule has 0 aromatic carbocycles. The molecule has 0 aliphatic heterocycles. The van der Waals surface area contributed by atoms with E-state index >= 15 is 0 Å². The highest BCUT2D eigenvalue weighted by Gasteiger charge is 2.17. The van der Waals surface area contributed by atoms with E-state index in [4.69, 9.17) is 5.26 Å². The lowest BCUT2D eigenvalue weighted by atomic mass is 10.5. The highest BCUT2D eigenvalue weighted by atomic mass is 31.2. The van der Waals surface area contributed by atoms with Crippen LogP contribution in [0.15, 0.2) is 0 Å². The van der Waals surface area contributed by atoms with E-state index in [0.717, 1.165) is 0 Å². The van der Waals surface area contributed by atoms with Gasteiger partial charge in [-0.05, 0) is 0 Å². The Labute approximate surface area is 53.9 Å². The van der Waals surface area contributed by atoms with Crippen molar-refractivity contribution in [2.75, 3.05) is 6.61 Å². The summed E-state index contributed by atoms with van der Waals surface area (Å²) < 4.78 is 8.53. The van der Waals surface area contributed by atoms with Crippen LogP contribution in [0, 0.1) is 11.3 Å². The first-order valence-electron chi connectivity index (χ1n) is 2.27. The van der Waals surface area contributed by atoms with Gasteiger partial charge in [0.05, 0.1) is 12.5 Å². The van der Waals surface area contributed by atoms with Crippen LogP contribution in [0.5, 0.6) is 0 Å². The molecule has 0 spiro atoms. The molecular formula is C3H8N2O3P+2. The van der Waals surface area contributed by atoms with Crippen LogP contribution in [0.25, 0.3) is 0 Å². The van der Waals surface area contributed by atoms with Gasteiger partial charge in [-0.2, -0.15) is 15.7 Å². The Bertz CT molecular complexity index is 104. The largest absolute Gasteiger partial charge is 0.506 e. The predicted octanol–water partition coefficient (Wildman–Crippen LogP) is -0.520. The van der Waals surface area contributed by atoms with Gasteiger partial charge in [0.1, 0.15) is 6.61 Å². The van der Waals surface area contributed by atoms with E-state index in [1.807, 2.05) is 6.07 Å². The molecule has 0 saturated heterocycles. The number of hydrogen-bond acceptors (Lipinski definition) is 3. The summed E-state index contributed by atoms with van der Waals surface area (Å²) in [5, 5.41) is 7.97. The molecule has 0 aromatic rings. The molecule has 0 amide bonds. The Morgan fingerprint density at radius 1 is 1.78 bits per heavy atom. The van der Waals surface area contributed by atoms with Crippen molar-refractivity contribution in [2.24, 2.45) is 0 Å². The number of hydrogen-bond donors (Lipinski definition) is 1. The molecule has 51 valence electrons. The lowest BCUT2D eigenvalue weighted by Crippen LogP contribution is -2.46. The zero-order valence-electron chi connectivity index (χ0n) is 4.79. The minimum absolute atomic E-state index is 0.143. The maximum atomic E-state index is 10.3. The van der Waals surface area contributed by atoms with E-state index in [9.17, 15) is 4.89 Å². The second kappa shape index (κ2) is 5.89. The monoisotopic (exact) mass is 151 g/mol. The average Bonchev–Trinajstić information content (AvgIpc) is 1.89. The van der Waals surface area contributed by atoms with Crippen molar-refractivity contribution in [1.29, 1.82) is 5.26 Å². The van der Waals surface area contributed by atoms with Crippen molar-refractivity contribution in [3.63, 3.8) is 0 Å². The summed E-state index contributed by atoms with van der Waals surface area (Å²) in [4.78, 5) is 10.3. The smallest absolute Gasteiger partial charge is 0.198 e. The zero-order valence-corrected chi connectivity index (χ0v) is 5.79. The van der Waals surface area contributed by atoms with Crippen LogP contribution in [0.2, 0.25) is 0 Å². The minimum Gasteiger partial charge on any atom is -0.198 e. The van der Waals surface area contributed by atoms with Crippen molar-refractivity contribution >= 4 is 8.60 Å². The first-order valence-corrected chi connectivity index (χ1v) is 3.49. The van der Waals surface area contributed by atoms with Crippen LogP contribution in [0.4, 0.5) is 0 Å². The van der Waals surface area contributed by atoms with Crippen molar-refractivity contribution in [1.82, 2.24) is 0 Å². The zero-order chi connectivity index (χ0) is 7.11. The number of nitrogens with zero attached hydrogens (tertiary/aromatic N) is 1. The molecule has 0 rings (SSSR count). The van der Waals surface area contributed by atoms with Crippen LogP contribution in [0.1, 0.15) is 6.42 Å². The molecule has 0 heterocycles. The third-order valence-electron chi connectivity index (χ3n) is 0.552. The van der Waals surface area contributed by atoms with E-state index in [2.05, 4.69) is 15.0 Å². The molecular weight excluding hydrogens is 143 g/mol. The van der Waals surface area contributed by atoms with E-state index in [-0.39, 0.29) is 13.0 Å². The molecule has 0 aliphatic carbocycles. The van der Waals surface area contributed by atoms with Gasteiger partial charge in [-0.3, -0.25) is 0 Å². The fourth-order valence-electron chi connectivity index (χ4n) is 0.222. The lowest BCUT2D eigenvalue weighted by molar-refractivity contribution is -0.640. The van der Waals surface area contributed by atoms with Gasteiger partial charge < -0.3 is 0 Å². The first-order chi connectivity index (χ1) is 4.31. The van der Waals surface area contributed by atoms with Crippen molar-refractivity contribution < 1.29 is 19.9 Å². The van der Waals surface area contributed by atoms with E-state index < -0.39 is 8.60 Å². The Morgan fingerprint density at radius 2 is 2.44 bits per heavy atom. The molecule has 1 unspecified atom stereocenters. The first kappa shape index (κ1) is 8.76. The van der Waals surface area contributed by atoms with E-state index in [1.54, 1.807) is 0 Å². The highest BCUT2D eigenvalue weighted by molar-refractivity contribution is 7.40. The van der Waals surface area contributed by atoms with Crippen LogP contribution in [0.3, 0.4) is 0 Å². The molecule has 1 radical (unpaired) electrons. The van der Waals surface area contributed by atoms with Gasteiger partial charge in [-0.15, -0.1) is 0 Å². The number of nitriles is 1. The third kappa shape index (κ3) is 5.63. The van der Waals surface area contributed by atoms with Crippen molar-refractivity contribution in [3.8, 4) is 6.07 Å². The maximum absolute atomic E-state index is 10.3. The maximum Gasteiger partial charge on any atom is 0.506 e. The van der Waals surface area contributed by atoms with Gasteiger partial charge in [-0.1, -0.05) is 0 Å². The standard InChI is InChI=1S/C3H8N2O3P/c4-2-1-3-7-9(6)8-5/h9H,1,3H2,5H3/q+2. The summed E-state index contributed by atoms with van der Waals surface area (Å²) in [6.45, 7) is 0.143. The average molecular weight is 151 g/mol. The van der Waals surface area contributed by atoms with E-state index in [1.165, 1.54) is 0 Å². The molecule has 0 aromatic heterocycles. The van der Waals surface area contributed by atoms with Crippen LogP contribution in [-0.2, 0) is 14.0 Å². The van der Waals surface area contributed by atoms with Crippen LogP contribution < -0.4 is 5.90 Å². The lowest BCUT2D eigenvalue weighted by Gasteiger charge is -1.88. The summed E-state index contributed by atoms with van der Waals surface area (Å²) in [7, 11) is -2.41. The van der Waals surface area contributed by atoms with E-state index in [0.29, 0.717) is 0 Å². The summed E-state index contributed by atoms with van der Waals surface area (Å²) in [5.74, 6) is 2.89. The SMILES string of the molecule is N#CCCO[PH+]([O])O[NH3+]. The minimum atomic E-state index is -2.41. The number of quaternary nitrogens is 1. The molecule has 6 heteroatoms. The summed E-state index contributed by atoms with van der Waals surface area (Å²) >= 11 is 0. The second-order valence-electron chi connectivity index (χ2n) is 1.15. The Balaban J connectivity index is 2.99. The molecule has 9 heavy (non-hydrogen) atoms. The summed E-state index contributed by atoms with van der Waals surface area (Å²) in [6, 6.07) is 1.82. The molecule has 3 N–H and O–H groups in total. The highest BCUT2D eigenvalue weighted by Crippen LogP contribution is 2.29. The van der Waals surface area contributed by atoms with Crippen molar-refractivity contribution in [2.45, 2.75) is 6.42 Å². The topological polar surface area (TPSA) is 89.8 Å². The summed E-state index contributed by atoms with van der Waals surface area (Å²) in [5.41, 5.74) is 0. The van der Waals surface area contributed by atoms with Gasteiger partial charge in [0.15, 0.2) is 0 Å². The fourth-order valence-corrected chi connectivity index (χ4v) is 0.574. The molecule has 0 fully saturated rings. The molecule has 0 aliphatic rings. The molecule has 1 atom stereocenters. The van der Waals surface area contributed by atoms with Gasteiger partial charge >= 0.3 is 8.60 Å². The van der Waals surface area contributed by atoms with Gasteiger partial charge in [0, 0.05) is 9.52 Å². The number of rotatable bonds is 4. The van der Waals surface area contributed by atoms with Crippen LogP contribution in [-0.4, -0.2) is 6.61 Å². The van der Waals surface area contributed by atoms with Gasteiger partial charge in [0.25, 0.3) is 0 Å². The quantitative estimate of drug-likeness (QED) is 0.333. The van der Waals surface area contributed by atoms with Crippen molar-refractivity contribution in [3.05, 3.63) is 0 Å². The Kier molecular flexibility index (Phi) is 5.73. The molecule has 5 nitrogen and oxygen atoms in total. The molecule has 0 bridgehead atoms. The second-order valence-corrected chi connectivity index (χ2v) is 2.23. The summed E-state index contributed by atoms with van der Waals surface area (Å²) in [6.07, 6.45) is 0.222. The molecule has 0 saturated carbocycles. The third-order valence-corrected chi connectivity index (χ3v) is 1.23. The van der Waals surface area contributed by atoms with Crippen LogP contribution >= 0.6 is 8.60 Å². The van der Waals surface area contributed by atoms with Gasteiger partial charge in [-0.25, -0.2) is 0 Å². The predicted molar refractivity (Wildman–Crippen MR) is 29.2 cm³/mol. The Hall–Kier alpha value is -0.240.